The Morgan fingerprint density at radius 3 is 2.89 bits per heavy atom. The largest absolute Gasteiger partial charge is 0.456 e. The molecule has 0 aromatic heterocycles. The second kappa shape index (κ2) is 6.23. The Balaban J connectivity index is 3.06. The molecule has 0 saturated heterocycles. The van der Waals surface area contributed by atoms with Crippen molar-refractivity contribution in [2.75, 3.05) is 18.2 Å². The van der Waals surface area contributed by atoms with E-state index in [4.69, 9.17) is 11.6 Å². The first-order chi connectivity index (χ1) is 4.31. The van der Waals surface area contributed by atoms with E-state index in [9.17, 15) is 4.79 Å². The van der Waals surface area contributed by atoms with E-state index in [1.807, 2.05) is 6.92 Å². The molecular formula is C5H9ClO2S. The molecule has 0 spiro atoms. The van der Waals surface area contributed by atoms with Gasteiger partial charge >= 0.3 is 5.30 Å². The van der Waals surface area contributed by atoms with E-state index in [2.05, 4.69) is 4.74 Å². The monoisotopic (exact) mass is 168 g/mol. The van der Waals surface area contributed by atoms with Crippen molar-refractivity contribution in [3.05, 3.63) is 0 Å². The predicted octanol–water partition coefficient (Wildman–Crippen LogP) is 2.11. The fourth-order valence-corrected chi connectivity index (χ4v) is 0.761. The normalized spacial score (nSPS) is 9.11. The van der Waals surface area contributed by atoms with Crippen molar-refractivity contribution in [1.29, 1.82) is 0 Å². The van der Waals surface area contributed by atoms with Gasteiger partial charge in [0.2, 0.25) is 0 Å². The van der Waals surface area contributed by atoms with Gasteiger partial charge in [0.05, 0.1) is 5.88 Å². The van der Waals surface area contributed by atoms with Gasteiger partial charge in [0.1, 0.15) is 6.61 Å². The highest BCUT2D eigenvalue weighted by Gasteiger charge is 1.98. The summed E-state index contributed by atoms with van der Waals surface area (Å²) in [5.74, 6) is 1.12. The molecule has 0 atom stereocenters. The second-order valence-corrected chi connectivity index (χ2v) is 2.80. The minimum atomic E-state index is -0.238. The minimum absolute atomic E-state index is 0.238. The summed E-state index contributed by atoms with van der Waals surface area (Å²) >= 11 is 6.41. The maximum Gasteiger partial charge on any atom is 0.367 e. The number of alkyl halides is 1. The third-order valence-electron chi connectivity index (χ3n) is 0.559. The van der Waals surface area contributed by atoms with Gasteiger partial charge in [-0.1, -0.05) is 6.92 Å². The van der Waals surface area contributed by atoms with Crippen LogP contribution in [0.2, 0.25) is 0 Å². The van der Waals surface area contributed by atoms with Gasteiger partial charge in [-0.25, -0.2) is 4.79 Å². The van der Waals surface area contributed by atoms with Crippen LogP contribution in [-0.2, 0) is 4.74 Å². The van der Waals surface area contributed by atoms with E-state index < -0.39 is 0 Å². The van der Waals surface area contributed by atoms with Crippen LogP contribution >= 0.6 is 23.4 Å². The molecule has 0 aliphatic heterocycles. The number of hydrogen-bond donors (Lipinski definition) is 0. The highest BCUT2D eigenvalue weighted by atomic mass is 35.5. The standard InChI is InChI=1S/C5H9ClO2S/c1-2-9-5(7)8-4-3-6/h2-4H2,1H3. The van der Waals surface area contributed by atoms with Crippen molar-refractivity contribution in [2.45, 2.75) is 6.92 Å². The summed E-state index contributed by atoms with van der Waals surface area (Å²) in [6.07, 6.45) is 0. The molecule has 2 nitrogen and oxygen atoms in total. The van der Waals surface area contributed by atoms with Gasteiger partial charge in [-0.2, -0.15) is 0 Å². The number of halogens is 1. The van der Waals surface area contributed by atoms with Crippen molar-refractivity contribution in [3.8, 4) is 0 Å². The van der Waals surface area contributed by atoms with E-state index in [1.54, 1.807) is 0 Å². The maximum atomic E-state index is 10.5. The lowest BCUT2D eigenvalue weighted by Gasteiger charge is -1.97. The van der Waals surface area contributed by atoms with Crippen LogP contribution in [-0.4, -0.2) is 23.5 Å². The lowest BCUT2D eigenvalue weighted by Crippen LogP contribution is -2.00. The molecule has 0 unspecified atom stereocenters. The summed E-state index contributed by atoms with van der Waals surface area (Å²) in [6, 6.07) is 0. The molecule has 0 aliphatic carbocycles. The average Bonchev–Trinajstić information content (AvgIpc) is 1.85. The van der Waals surface area contributed by atoms with Gasteiger partial charge < -0.3 is 4.74 Å². The maximum absolute atomic E-state index is 10.5. The summed E-state index contributed by atoms with van der Waals surface area (Å²) in [5, 5.41) is -0.238. The van der Waals surface area contributed by atoms with Crippen molar-refractivity contribution in [3.63, 3.8) is 0 Å². The average molecular weight is 169 g/mol. The molecule has 0 aromatic rings. The molecule has 0 saturated carbocycles. The third-order valence-corrected chi connectivity index (χ3v) is 1.36. The zero-order valence-electron chi connectivity index (χ0n) is 5.22. The van der Waals surface area contributed by atoms with Gasteiger partial charge in [0.15, 0.2) is 0 Å². The van der Waals surface area contributed by atoms with Crippen LogP contribution in [0.1, 0.15) is 6.92 Å². The first-order valence-electron chi connectivity index (χ1n) is 2.66. The van der Waals surface area contributed by atoms with Crippen LogP contribution in [0.15, 0.2) is 0 Å². The van der Waals surface area contributed by atoms with Crippen LogP contribution in [0, 0.1) is 0 Å². The fraction of sp³-hybridized carbons (Fsp3) is 0.800. The van der Waals surface area contributed by atoms with Gasteiger partial charge in [0.25, 0.3) is 0 Å². The lowest BCUT2D eigenvalue weighted by molar-refractivity contribution is 0.182. The first-order valence-corrected chi connectivity index (χ1v) is 4.18. The Morgan fingerprint density at radius 2 is 2.44 bits per heavy atom. The predicted molar refractivity (Wildman–Crippen MR) is 40.2 cm³/mol. The van der Waals surface area contributed by atoms with Gasteiger partial charge in [-0.3, -0.25) is 0 Å². The third kappa shape index (κ3) is 5.99. The number of hydrogen-bond acceptors (Lipinski definition) is 3. The van der Waals surface area contributed by atoms with E-state index in [0.29, 0.717) is 12.5 Å². The molecule has 54 valence electrons. The van der Waals surface area contributed by atoms with E-state index in [-0.39, 0.29) is 5.30 Å². The number of rotatable bonds is 3. The van der Waals surface area contributed by atoms with Crippen molar-refractivity contribution in [2.24, 2.45) is 0 Å². The summed E-state index contributed by atoms with van der Waals surface area (Å²) in [5.41, 5.74) is 0. The fourth-order valence-electron chi connectivity index (χ4n) is 0.281. The van der Waals surface area contributed by atoms with E-state index in [0.717, 1.165) is 17.5 Å². The number of carbonyl (C=O) groups is 1. The quantitative estimate of drug-likeness (QED) is 0.477. The van der Waals surface area contributed by atoms with Crippen LogP contribution < -0.4 is 0 Å². The molecular weight excluding hydrogens is 160 g/mol. The lowest BCUT2D eigenvalue weighted by atomic mass is 10.9. The summed E-state index contributed by atoms with van der Waals surface area (Å²) < 4.78 is 4.62. The van der Waals surface area contributed by atoms with Crippen LogP contribution in [0.25, 0.3) is 0 Å². The molecule has 0 aromatic carbocycles. The number of thioether (sulfide) groups is 1. The Hall–Kier alpha value is 0.110. The zero-order valence-corrected chi connectivity index (χ0v) is 6.80. The van der Waals surface area contributed by atoms with Crippen LogP contribution in [0.4, 0.5) is 4.79 Å². The van der Waals surface area contributed by atoms with Crippen LogP contribution in [0.3, 0.4) is 0 Å². The molecule has 0 radical (unpaired) electrons. The summed E-state index contributed by atoms with van der Waals surface area (Å²) in [7, 11) is 0. The SMILES string of the molecule is CCSC(=O)OCCCl. The molecule has 0 bridgehead atoms. The van der Waals surface area contributed by atoms with Crippen molar-refractivity contribution >= 4 is 28.7 Å². The minimum Gasteiger partial charge on any atom is -0.456 e. The van der Waals surface area contributed by atoms with Crippen molar-refractivity contribution in [1.82, 2.24) is 0 Å². The Kier molecular flexibility index (Phi) is 6.31. The molecule has 9 heavy (non-hydrogen) atoms. The second-order valence-electron chi connectivity index (χ2n) is 1.22. The van der Waals surface area contributed by atoms with Crippen molar-refractivity contribution < 1.29 is 9.53 Å². The van der Waals surface area contributed by atoms with Gasteiger partial charge in [-0.15, -0.1) is 11.6 Å². The number of carbonyl (C=O) groups excluding carboxylic acids is 1. The molecule has 0 N–H and O–H groups in total. The molecule has 0 amide bonds. The summed E-state index contributed by atoms with van der Waals surface area (Å²) in [6.45, 7) is 2.21. The number of ether oxygens (including phenoxy) is 1. The molecule has 0 rings (SSSR count). The van der Waals surface area contributed by atoms with Gasteiger partial charge in [-0.05, 0) is 11.8 Å². The summed E-state index contributed by atoms with van der Waals surface area (Å²) in [4.78, 5) is 10.5. The smallest absolute Gasteiger partial charge is 0.367 e. The molecule has 0 fully saturated rings. The topological polar surface area (TPSA) is 26.3 Å². The van der Waals surface area contributed by atoms with Gasteiger partial charge in [0, 0.05) is 5.75 Å². The van der Waals surface area contributed by atoms with Crippen LogP contribution in [0.5, 0.6) is 0 Å². The Morgan fingerprint density at radius 1 is 1.78 bits per heavy atom. The molecule has 0 aliphatic rings. The first kappa shape index (κ1) is 9.11. The Labute approximate surface area is 63.9 Å². The zero-order chi connectivity index (χ0) is 7.11. The Bertz CT molecular complexity index is 87.0. The van der Waals surface area contributed by atoms with E-state index in [1.165, 1.54) is 0 Å². The highest BCUT2D eigenvalue weighted by Crippen LogP contribution is 2.02. The van der Waals surface area contributed by atoms with E-state index >= 15 is 0 Å². The molecule has 4 heteroatoms. The molecule has 0 heterocycles. The highest BCUT2D eigenvalue weighted by molar-refractivity contribution is 8.13.